The van der Waals surface area contributed by atoms with Crippen LogP contribution in [0.5, 0.6) is 0 Å². The summed E-state index contributed by atoms with van der Waals surface area (Å²) in [6.45, 7) is 7.05. The SMILES string of the molecule is C=CCC(CC=C)C(=O)N(CC(=O)O)C1CC1. The summed E-state index contributed by atoms with van der Waals surface area (Å²) in [5, 5.41) is 8.82. The highest BCUT2D eigenvalue weighted by Gasteiger charge is 2.36. The number of carboxylic acid groups (broad SMARTS) is 1. The van der Waals surface area contributed by atoms with Crippen LogP contribution in [0.2, 0.25) is 0 Å². The van der Waals surface area contributed by atoms with Gasteiger partial charge in [-0.15, -0.1) is 13.2 Å². The number of allylic oxidation sites excluding steroid dienone is 2. The Kier molecular flexibility index (Phi) is 4.94. The molecule has 0 unspecified atom stereocenters. The normalized spacial score (nSPS) is 14.4. The van der Waals surface area contributed by atoms with E-state index in [9.17, 15) is 9.59 Å². The number of hydrogen-bond acceptors (Lipinski definition) is 2. The molecule has 0 saturated heterocycles. The summed E-state index contributed by atoms with van der Waals surface area (Å²) in [6.07, 6.45) is 6.33. The molecule has 0 aromatic carbocycles. The van der Waals surface area contributed by atoms with Gasteiger partial charge < -0.3 is 10.0 Å². The molecule has 0 aliphatic heterocycles. The summed E-state index contributed by atoms with van der Waals surface area (Å²) in [4.78, 5) is 24.4. The highest BCUT2D eigenvalue weighted by atomic mass is 16.4. The maximum absolute atomic E-state index is 12.2. The summed E-state index contributed by atoms with van der Waals surface area (Å²) >= 11 is 0. The molecular weight excluding hydrogens is 218 g/mol. The molecule has 0 atom stereocenters. The van der Waals surface area contributed by atoms with Crippen LogP contribution >= 0.6 is 0 Å². The third-order valence-electron chi connectivity index (χ3n) is 2.83. The maximum atomic E-state index is 12.2. The van der Waals surface area contributed by atoms with Crippen LogP contribution in [0.3, 0.4) is 0 Å². The van der Waals surface area contributed by atoms with E-state index in [1.54, 1.807) is 12.2 Å². The monoisotopic (exact) mass is 237 g/mol. The van der Waals surface area contributed by atoms with Gasteiger partial charge in [0.1, 0.15) is 6.54 Å². The zero-order valence-corrected chi connectivity index (χ0v) is 9.97. The van der Waals surface area contributed by atoms with Crippen LogP contribution < -0.4 is 0 Å². The molecule has 0 spiro atoms. The number of carbonyl (C=O) groups is 2. The first-order valence-corrected chi connectivity index (χ1v) is 5.84. The minimum absolute atomic E-state index is 0.0882. The Hall–Kier alpha value is -1.58. The van der Waals surface area contributed by atoms with E-state index in [1.165, 1.54) is 4.90 Å². The fourth-order valence-corrected chi connectivity index (χ4v) is 1.85. The zero-order valence-electron chi connectivity index (χ0n) is 9.97. The van der Waals surface area contributed by atoms with E-state index >= 15 is 0 Å². The molecule has 1 saturated carbocycles. The molecule has 0 aromatic heterocycles. The van der Waals surface area contributed by atoms with Gasteiger partial charge in [0.15, 0.2) is 0 Å². The number of nitrogens with zero attached hydrogens (tertiary/aromatic N) is 1. The number of amides is 1. The first-order chi connectivity index (χ1) is 8.10. The van der Waals surface area contributed by atoms with E-state index in [1.807, 2.05) is 0 Å². The lowest BCUT2D eigenvalue weighted by atomic mass is 9.99. The Balaban J connectivity index is 2.69. The van der Waals surface area contributed by atoms with Gasteiger partial charge in [-0.2, -0.15) is 0 Å². The molecule has 1 amide bonds. The van der Waals surface area contributed by atoms with E-state index in [0.29, 0.717) is 12.8 Å². The van der Waals surface area contributed by atoms with Crippen molar-refractivity contribution in [3.63, 3.8) is 0 Å². The summed E-state index contributed by atoms with van der Waals surface area (Å²) in [5.41, 5.74) is 0. The van der Waals surface area contributed by atoms with Crippen LogP contribution in [0.15, 0.2) is 25.3 Å². The number of carbonyl (C=O) groups excluding carboxylic acids is 1. The Morgan fingerprint density at radius 2 is 1.82 bits per heavy atom. The Morgan fingerprint density at radius 3 is 2.18 bits per heavy atom. The van der Waals surface area contributed by atoms with Crippen molar-refractivity contribution in [3.05, 3.63) is 25.3 Å². The number of hydrogen-bond donors (Lipinski definition) is 1. The summed E-state index contributed by atoms with van der Waals surface area (Å²) in [7, 11) is 0. The molecule has 0 heterocycles. The maximum Gasteiger partial charge on any atom is 0.323 e. The van der Waals surface area contributed by atoms with Gasteiger partial charge in [-0.1, -0.05) is 12.2 Å². The Labute approximate surface area is 102 Å². The third-order valence-corrected chi connectivity index (χ3v) is 2.83. The molecule has 1 N–H and O–H groups in total. The molecule has 17 heavy (non-hydrogen) atoms. The van der Waals surface area contributed by atoms with Gasteiger partial charge in [-0.3, -0.25) is 9.59 Å². The van der Waals surface area contributed by atoms with Crippen LogP contribution in [0.1, 0.15) is 25.7 Å². The average molecular weight is 237 g/mol. The molecule has 4 heteroatoms. The second-order valence-corrected chi connectivity index (χ2v) is 4.34. The molecule has 4 nitrogen and oxygen atoms in total. The van der Waals surface area contributed by atoms with Crippen LogP contribution in [0, 0.1) is 5.92 Å². The minimum atomic E-state index is -0.957. The minimum Gasteiger partial charge on any atom is -0.480 e. The summed E-state index contributed by atoms with van der Waals surface area (Å²) < 4.78 is 0. The average Bonchev–Trinajstić information content (AvgIpc) is 3.08. The Bertz CT molecular complexity index is 311. The van der Waals surface area contributed by atoms with Gasteiger partial charge in [0.05, 0.1) is 0 Å². The van der Waals surface area contributed by atoms with Crippen LogP contribution in [0.4, 0.5) is 0 Å². The van der Waals surface area contributed by atoms with Gasteiger partial charge >= 0.3 is 5.97 Å². The second kappa shape index (κ2) is 6.23. The standard InChI is InChI=1S/C13H19NO3/c1-3-5-10(6-4-2)13(17)14(9-12(15)16)11-7-8-11/h3-4,10-11H,1-2,5-9H2,(H,15,16). The lowest BCUT2D eigenvalue weighted by Gasteiger charge is -2.24. The quantitative estimate of drug-likeness (QED) is 0.655. The Morgan fingerprint density at radius 1 is 1.29 bits per heavy atom. The van der Waals surface area contributed by atoms with Gasteiger partial charge in [-0.25, -0.2) is 0 Å². The van der Waals surface area contributed by atoms with Crippen molar-refractivity contribution in [2.75, 3.05) is 6.54 Å². The zero-order chi connectivity index (χ0) is 12.8. The lowest BCUT2D eigenvalue weighted by Crippen LogP contribution is -2.41. The van der Waals surface area contributed by atoms with Crippen LogP contribution in [0.25, 0.3) is 0 Å². The summed E-state index contributed by atoms with van der Waals surface area (Å²) in [5.74, 6) is -1.26. The van der Waals surface area contributed by atoms with Crippen LogP contribution in [-0.2, 0) is 9.59 Å². The molecule has 1 aliphatic rings. The molecule has 0 bridgehead atoms. The smallest absolute Gasteiger partial charge is 0.323 e. The third kappa shape index (κ3) is 4.06. The fraction of sp³-hybridized carbons (Fsp3) is 0.538. The van der Waals surface area contributed by atoms with Gasteiger partial charge in [0.2, 0.25) is 5.91 Å². The largest absolute Gasteiger partial charge is 0.480 e. The molecule has 94 valence electrons. The first-order valence-electron chi connectivity index (χ1n) is 5.84. The van der Waals surface area contributed by atoms with E-state index in [4.69, 9.17) is 5.11 Å². The van der Waals surface area contributed by atoms with Crippen molar-refractivity contribution in [1.82, 2.24) is 4.90 Å². The van der Waals surface area contributed by atoms with E-state index in [0.717, 1.165) is 12.8 Å². The second-order valence-electron chi connectivity index (χ2n) is 4.34. The predicted octanol–water partition coefficient (Wildman–Crippen LogP) is 1.83. The van der Waals surface area contributed by atoms with Gasteiger partial charge in [-0.05, 0) is 25.7 Å². The topological polar surface area (TPSA) is 57.6 Å². The number of rotatable bonds is 8. The predicted molar refractivity (Wildman–Crippen MR) is 65.5 cm³/mol. The first kappa shape index (κ1) is 13.5. The lowest BCUT2D eigenvalue weighted by molar-refractivity contribution is -0.146. The van der Waals surface area contributed by atoms with E-state index in [2.05, 4.69) is 13.2 Å². The van der Waals surface area contributed by atoms with Crippen molar-refractivity contribution >= 4 is 11.9 Å². The van der Waals surface area contributed by atoms with Crippen molar-refractivity contribution in [1.29, 1.82) is 0 Å². The molecule has 1 aliphatic carbocycles. The fourth-order valence-electron chi connectivity index (χ4n) is 1.85. The van der Waals surface area contributed by atoms with E-state index in [-0.39, 0.29) is 24.4 Å². The van der Waals surface area contributed by atoms with E-state index < -0.39 is 5.97 Å². The molecule has 0 aromatic rings. The van der Waals surface area contributed by atoms with Crippen molar-refractivity contribution in [2.24, 2.45) is 5.92 Å². The number of carboxylic acids is 1. The van der Waals surface area contributed by atoms with Crippen molar-refractivity contribution in [3.8, 4) is 0 Å². The molecule has 1 fully saturated rings. The highest BCUT2D eigenvalue weighted by Crippen LogP contribution is 2.29. The van der Waals surface area contributed by atoms with Crippen molar-refractivity contribution in [2.45, 2.75) is 31.7 Å². The van der Waals surface area contributed by atoms with Crippen molar-refractivity contribution < 1.29 is 14.7 Å². The van der Waals surface area contributed by atoms with Gasteiger partial charge in [0, 0.05) is 12.0 Å². The molecular formula is C13H19NO3. The van der Waals surface area contributed by atoms with Crippen LogP contribution in [-0.4, -0.2) is 34.5 Å². The van der Waals surface area contributed by atoms with Gasteiger partial charge in [0.25, 0.3) is 0 Å². The number of aliphatic carboxylic acids is 1. The highest BCUT2D eigenvalue weighted by molar-refractivity contribution is 5.84. The molecule has 1 rings (SSSR count). The summed E-state index contributed by atoms with van der Waals surface area (Å²) in [6, 6.07) is 0.121. The molecule has 0 radical (unpaired) electrons.